The maximum atomic E-state index is 15.8. The van der Waals surface area contributed by atoms with E-state index in [0.29, 0.717) is 17.8 Å². The summed E-state index contributed by atoms with van der Waals surface area (Å²) >= 11 is 0. The minimum Gasteiger partial charge on any atom is -0.462 e. The summed E-state index contributed by atoms with van der Waals surface area (Å²) in [7, 11) is 2.07. The van der Waals surface area contributed by atoms with Crippen LogP contribution < -0.4 is 9.64 Å². The molecule has 0 unspecified atom stereocenters. The van der Waals surface area contributed by atoms with Gasteiger partial charge in [-0.05, 0) is 38.6 Å². The van der Waals surface area contributed by atoms with Crippen LogP contribution in [0.3, 0.4) is 0 Å². The minimum atomic E-state index is -0.677. The maximum Gasteiger partial charge on any atom is 0.319 e. The molecule has 2 aliphatic heterocycles. The molecular formula is C26H30F2N6O. The molecular weight excluding hydrogens is 450 g/mol. The van der Waals surface area contributed by atoms with Crippen LogP contribution in [0.15, 0.2) is 43.1 Å². The van der Waals surface area contributed by atoms with Gasteiger partial charge in [-0.2, -0.15) is 9.97 Å². The van der Waals surface area contributed by atoms with Crippen molar-refractivity contribution < 1.29 is 13.5 Å². The molecule has 0 amide bonds. The van der Waals surface area contributed by atoms with Crippen molar-refractivity contribution in [3.8, 4) is 17.3 Å². The van der Waals surface area contributed by atoms with Gasteiger partial charge < -0.3 is 14.5 Å². The Morgan fingerprint density at radius 3 is 2.63 bits per heavy atom. The lowest BCUT2D eigenvalue weighted by atomic mass is 10.1. The van der Waals surface area contributed by atoms with E-state index in [4.69, 9.17) is 9.72 Å². The van der Waals surface area contributed by atoms with E-state index in [1.165, 1.54) is 12.1 Å². The van der Waals surface area contributed by atoms with E-state index < -0.39 is 11.6 Å². The highest BCUT2D eigenvalue weighted by atomic mass is 19.1. The van der Waals surface area contributed by atoms with Crippen LogP contribution in [-0.4, -0.2) is 83.7 Å². The summed E-state index contributed by atoms with van der Waals surface area (Å²) in [5.74, 6) is -0.620. The fraction of sp³-hybridized carbons (Fsp3) is 0.423. The van der Waals surface area contributed by atoms with Crippen molar-refractivity contribution in [3.63, 3.8) is 0 Å². The summed E-state index contributed by atoms with van der Waals surface area (Å²) in [6, 6.07) is 6.44. The lowest BCUT2D eigenvalue weighted by molar-refractivity contribution is 0.188. The second-order valence-corrected chi connectivity index (χ2v) is 9.16. The third-order valence-electron chi connectivity index (χ3n) is 6.91. The van der Waals surface area contributed by atoms with Gasteiger partial charge in [-0.15, -0.1) is 6.58 Å². The van der Waals surface area contributed by atoms with E-state index >= 15 is 4.39 Å². The second kappa shape index (κ2) is 10.2. The molecule has 2 saturated heterocycles. The number of hydrogen-bond donors (Lipinski definition) is 0. The van der Waals surface area contributed by atoms with Gasteiger partial charge in [0.05, 0.1) is 5.39 Å². The summed E-state index contributed by atoms with van der Waals surface area (Å²) in [6.07, 6.45) is 5.60. The van der Waals surface area contributed by atoms with Gasteiger partial charge in [0.15, 0.2) is 5.82 Å². The van der Waals surface area contributed by atoms with Crippen molar-refractivity contribution in [2.75, 3.05) is 57.8 Å². The van der Waals surface area contributed by atoms with Gasteiger partial charge >= 0.3 is 6.01 Å². The molecule has 1 atom stereocenters. The highest BCUT2D eigenvalue weighted by molar-refractivity contribution is 5.92. The minimum absolute atomic E-state index is 0.0717. The van der Waals surface area contributed by atoms with Crippen molar-refractivity contribution in [2.24, 2.45) is 0 Å². The SMILES string of the molecule is C=CCN1CCN(c2nc(OC[C@@H]3CCCN3C)nc3c(F)c(-c4ccccc4F)ncc23)CC1. The summed E-state index contributed by atoms with van der Waals surface area (Å²) in [6.45, 7) is 9.22. The van der Waals surface area contributed by atoms with Gasteiger partial charge in [0.25, 0.3) is 0 Å². The zero-order valence-electron chi connectivity index (χ0n) is 20.0. The number of fused-ring (bicyclic) bond motifs is 1. The van der Waals surface area contributed by atoms with Gasteiger partial charge in [0.2, 0.25) is 0 Å². The number of piperazine rings is 1. The predicted molar refractivity (Wildman–Crippen MR) is 133 cm³/mol. The predicted octanol–water partition coefficient (Wildman–Crippen LogP) is 3.75. The quantitative estimate of drug-likeness (QED) is 0.478. The van der Waals surface area contributed by atoms with E-state index in [0.717, 1.165) is 52.1 Å². The van der Waals surface area contributed by atoms with Crippen LogP contribution in [0.5, 0.6) is 6.01 Å². The fourth-order valence-electron chi connectivity index (χ4n) is 4.85. The highest BCUT2D eigenvalue weighted by Crippen LogP contribution is 2.33. The summed E-state index contributed by atoms with van der Waals surface area (Å²) in [4.78, 5) is 20.1. The Balaban J connectivity index is 1.54. The Labute approximate surface area is 204 Å². The average Bonchev–Trinajstić information content (AvgIpc) is 3.29. The van der Waals surface area contributed by atoms with Crippen molar-refractivity contribution >= 4 is 16.7 Å². The van der Waals surface area contributed by atoms with Crippen LogP contribution in [0, 0.1) is 11.6 Å². The number of benzene rings is 1. The van der Waals surface area contributed by atoms with Crippen LogP contribution in [0.1, 0.15) is 12.8 Å². The van der Waals surface area contributed by atoms with Crippen LogP contribution in [0.2, 0.25) is 0 Å². The maximum absolute atomic E-state index is 15.8. The fourth-order valence-corrected chi connectivity index (χ4v) is 4.85. The Kier molecular flexibility index (Phi) is 6.88. The topological polar surface area (TPSA) is 57.6 Å². The number of likely N-dealkylation sites (tertiary alicyclic amines) is 1. The van der Waals surface area contributed by atoms with Gasteiger partial charge in [0, 0.05) is 50.5 Å². The van der Waals surface area contributed by atoms with Gasteiger partial charge in [-0.3, -0.25) is 9.88 Å². The zero-order valence-corrected chi connectivity index (χ0v) is 20.0. The molecule has 1 aromatic carbocycles. The number of ether oxygens (including phenoxy) is 1. The van der Waals surface area contributed by atoms with E-state index in [-0.39, 0.29) is 28.8 Å². The Morgan fingerprint density at radius 2 is 1.91 bits per heavy atom. The van der Waals surface area contributed by atoms with Crippen LogP contribution in [0.25, 0.3) is 22.2 Å². The smallest absolute Gasteiger partial charge is 0.319 e. The van der Waals surface area contributed by atoms with Gasteiger partial charge in [0.1, 0.15) is 29.5 Å². The third kappa shape index (κ3) is 4.83. The molecule has 2 aromatic heterocycles. The molecule has 0 bridgehead atoms. The monoisotopic (exact) mass is 480 g/mol. The summed E-state index contributed by atoms with van der Waals surface area (Å²) in [5.41, 5.74) is 0.115. The number of likely N-dealkylation sites (N-methyl/N-ethyl adjacent to an activating group) is 1. The standard InChI is InChI=1S/C26H30F2N6O/c1-3-10-33-12-14-34(15-13-33)25-20-16-29-23(19-8-4-5-9-21(19)27)22(28)24(20)30-26(31-25)35-17-18-7-6-11-32(18)2/h3-5,8-9,16,18H,1,6-7,10-15,17H2,2H3/t18-/m0/s1. The number of rotatable bonds is 7. The summed E-state index contributed by atoms with van der Waals surface area (Å²) < 4.78 is 36.3. The molecule has 2 aliphatic rings. The molecule has 0 saturated carbocycles. The summed E-state index contributed by atoms with van der Waals surface area (Å²) in [5, 5.41) is 0.491. The first kappa shape index (κ1) is 23.6. The van der Waals surface area contributed by atoms with Crippen molar-refractivity contribution in [1.29, 1.82) is 0 Å². The molecule has 0 aliphatic carbocycles. The number of nitrogens with zero attached hydrogens (tertiary/aromatic N) is 6. The largest absolute Gasteiger partial charge is 0.462 e. The first-order chi connectivity index (χ1) is 17.0. The molecule has 7 nitrogen and oxygen atoms in total. The molecule has 4 heterocycles. The molecule has 35 heavy (non-hydrogen) atoms. The highest BCUT2D eigenvalue weighted by Gasteiger charge is 2.26. The molecule has 0 radical (unpaired) electrons. The Hall–Kier alpha value is -3.17. The molecule has 9 heteroatoms. The lowest BCUT2D eigenvalue weighted by Crippen LogP contribution is -2.46. The normalized spacial score (nSPS) is 19.4. The lowest BCUT2D eigenvalue weighted by Gasteiger charge is -2.35. The molecule has 5 rings (SSSR count). The van der Waals surface area contributed by atoms with Gasteiger partial charge in [-0.1, -0.05) is 18.2 Å². The number of halogens is 2. The molecule has 0 N–H and O–H groups in total. The molecule has 2 fully saturated rings. The van der Waals surface area contributed by atoms with Crippen molar-refractivity contribution in [1.82, 2.24) is 24.8 Å². The van der Waals surface area contributed by atoms with E-state index in [9.17, 15) is 4.39 Å². The van der Waals surface area contributed by atoms with Gasteiger partial charge in [-0.25, -0.2) is 8.78 Å². The molecule has 0 spiro atoms. The number of aromatic nitrogens is 3. The first-order valence-electron chi connectivity index (χ1n) is 12.1. The van der Waals surface area contributed by atoms with Crippen molar-refractivity contribution in [3.05, 3.63) is 54.8 Å². The Bertz CT molecular complexity index is 1210. The number of hydrogen-bond acceptors (Lipinski definition) is 7. The van der Waals surface area contributed by atoms with Crippen molar-refractivity contribution in [2.45, 2.75) is 18.9 Å². The number of anilines is 1. The average molecular weight is 481 g/mol. The third-order valence-corrected chi connectivity index (χ3v) is 6.91. The van der Waals surface area contributed by atoms with Crippen LogP contribution in [0.4, 0.5) is 14.6 Å². The zero-order chi connectivity index (χ0) is 24.4. The van der Waals surface area contributed by atoms with E-state index in [2.05, 4.69) is 38.3 Å². The van der Waals surface area contributed by atoms with E-state index in [1.54, 1.807) is 18.3 Å². The second-order valence-electron chi connectivity index (χ2n) is 9.16. The first-order valence-corrected chi connectivity index (χ1v) is 12.1. The van der Waals surface area contributed by atoms with Crippen LogP contribution in [-0.2, 0) is 0 Å². The molecule has 184 valence electrons. The molecule has 3 aromatic rings. The number of pyridine rings is 1. The Morgan fingerprint density at radius 1 is 1.11 bits per heavy atom. The van der Waals surface area contributed by atoms with E-state index in [1.807, 2.05) is 6.08 Å². The van der Waals surface area contributed by atoms with Crippen LogP contribution >= 0.6 is 0 Å².